The Balaban J connectivity index is 2.61. The minimum absolute atomic E-state index is 0.487. The number of benzene rings is 1. The fraction of sp³-hybridized carbons (Fsp3) is 0.385. The lowest BCUT2D eigenvalue weighted by Crippen LogP contribution is -1.94. The molecule has 1 rings (SSSR count). The van der Waals surface area contributed by atoms with E-state index in [4.69, 9.17) is 0 Å². The molecule has 0 aliphatic rings. The van der Waals surface area contributed by atoms with E-state index in [-0.39, 0.29) is 0 Å². The van der Waals surface area contributed by atoms with Gasteiger partial charge in [-0.15, -0.1) is 6.58 Å². The largest absolute Gasteiger partial charge is 0.102 e. The first-order chi connectivity index (χ1) is 6.38. The second kappa shape index (κ2) is 5.58. The van der Waals surface area contributed by atoms with Gasteiger partial charge in [0, 0.05) is 5.92 Å². The number of hydrogen-bond acceptors (Lipinski definition) is 0. The molecule has 0 heterocycles. The van der Waals surface area contributed by atoms with Crippen LogP contribution in [-0.4, -0.2) is 0 Å². The maximum atomic E-state index is 3.87. The Morgan fingerprint density at radius 2 is 2.38 bits per heavy atom. The van der Waals surface area contributed by atoms with Gasteiger partial charge in [-0.1, -0.05) is 50.1 Å². The molecule has 0 saturated carbocycles. The number of rotatable bonds is 5. The van der Waals surface area contributed by atoms with E-state index in [2.05, 4.69) is 31.7 Å². The summed E-state index contributed by atoms with van der Waals surface area (Å²) in [6, 6.07) is 11.4. The molecule has 0 aromatic heterocycles. The minimum atomic E-state index is 0.487. The van der Waals surface area contributed by atoms with Gasteiger partial charge >= 0.3 is 0 Å². The fourth-order valence-electron chi connectivity index (χ4n) is 1.46. The maximum absolute atomic E-state index is 3.87. The van der Waals surface area contributed by atoms with Crippen LogP contribution < -0.4 is 0 Å². The average molecular weight is 173 g/mol. The highest BCUT2D eigenvalue weighted by Crippen LogP contribution is 2.21. The summed E-state index contributed by atoms with van der Waals surface area (Å²) < 4.78 is 0. The number of allylic oxidation sites excluding steroid dienone is 1. The van der Waals surface area contributed by atoms with Crippen molar-refractivity contribution < 1.29 is 0 Å². The molecule has 0 N–H and O–H groups in total. The first-order valence-electron chi connectivity index (χ1n) is 4.97. The van der Waals surface area contributed by atoms with Crippen molar-refractivity contribution >= 4 is 0 Å². The molecule has 0 aliphatic carbocycles. The lowest BCUT2D eigenvalue weighted by atomic mass is 9.94. The van der Waals surface area contributed by atoms with Gasteiger partial charge in [-0.3, -0.25) is 0 Å². The lowest BCUT2D eigenvalue weighted by Gasteiger charge is -2.11. The van der Waals surface area contributed by atoms with Crippen molar-refractivity contribution in [1.29, 1.82) is 0 Å². The Bertz CT molecular complexity index is 235. The van der Waals surface area contributed by atoms with Crippen LogP contribution in [0.2, 0.25) is 0 Å². The molecule has 0 aliphatic heterocycles. The van der Waals surface area contributed by atoms with E-state index >= 15 is 0 Å². The molecular formula is C13H17. The fourth-order valence-corrected chi connectivity index (χ4v) is 1.46. The van der Waals surface area contributed by atoms with E-state index in [1.165, 1.54) is 24.8 Å². The zero-order chi connectivity index (χ0) is 9.52. The summed E-state index contributed by atoms with van der Waals surface area (Å²) in [6.07, 6.45) is 5.73. The SMILES string of the molecule is C=CC(CCCC)c1[c]cccc1. The molecule has 0 spiro atoms. The van der Waals surface area contributed by atoms with Gasteiger partial charge in [-0.2, -0.15) is 0 Å². The molecule has 0 bridgehead atoms. The van der Waals surface area contributed by atoms with Gasteiger partial charge < -0.3 is 0 Å². The van der Waals surface area contributed by atoms with Gasteiger partial charge in [0.2, 0.25) is 0 Å². The van der Waals surface area contributed by atoms with Gasteiger partial charge in [0.05, 0.1) is 0 Å². The van der Waals surface area contributed by atoms with Gasteiger partial charge in [-0.25, -0.2) is 0 Å². The third kappa shape index (κ3) is 3.06. The Labute approximate surface area is 81.3 Å². The lowest BCUT2D eigenvalue weighted by molar-refractivity contribution is 0.664. The first kappa shape index (κ1) is 10.0. The van der Waals surface area contributed by atoms with Crippen LogP contribution in [-0.2, 0) is 0 Å². The van der Waals surface area contributed by atoms with Crippen LogP contribution >= 0.6 is 0 Å². The van der Waals surface area contributed by atoms with E-state index in [0.717, 1.165) is 0 Å². The number of unbranched alkanes of at least 4 members (excludes halogenated alkanes) is 1. The van der Waals surface area contributed by atoms with E-state index in [1.54, 1.807) is 0 Å². The van der Waals surface area contributed by atoms with Crippen LogP contribution in [0.25, 0.3) is 0 Å². The summed E-state index contributed by atoms with van der Waals surface area (Å²) in [5, 5.41) is 0. The van der Waals surface area contributed by atoms with Crippen molar-refractivity contribution in [2.75, 3.05) is 0 Å². The second-order valence-corrected chi connectivity index (χ2v) is 3.30. The molecule has 0 saturated heterocycles. The van der Waals surface area contributed by atoms with Crippen LogP contribution in [0.15, 0.2) is 36.9 Å². The normalized spacial score (nSPS) is 12.4. The average Bonchev–Trinajstić information content (AvgIpc) is 2.21. The number of hydrogen-bond donors (Lipinski definition) is 0. The summed E-state index contributed by atoms with van der Waals surface area (Å²) >= 11 is 0. The van der Waals surface area contributed by atoms with Crippen LogP contribution in [0.1, 0.15) is 37.7 Å². The molecule has 1 radical (unpaired) electrons. The third-order valence-corrected chi connectivity index (χ3v) is 2.29. The standard InChI is InChI=1S/C13H17/c1-3-5-9-12(4-2)13-10-7-6-8-11-13/h4,6-8,10,12H,2-3,5,9H2,1H3. The van der Waals surface area contributed by atoms with E-state index in [9.17, 15) is 0 Å². The van der Waals surface area contributed by atoms with Crippen LogP contribution in [0.3, 0.4) is 0 Å². The van der Waals surface area contributed by atoms with Crippen molar-refractivity contribution in [3.63, 3.8) is 0 Å². The molecular weight excluding hydrogens is 156 g/mol. The Kier molecular flexibility index (Phi) is 4.31. The van der Waals surface area contributed by atoms with Crippen molar-refractivity contribution in [3.8, 4) is 0 Å². The Hall–Kier alpha value is -1.04. The van der Waals surface area contributed by atoms with Crippen molar-refractivity contribution in [2.24, 2.45) is 0 Å². The van der Waals surface area contributed by atoms with Crippen molar-refractivity contribution in [2.45, 2.75) is 32.1 Å². The van der Waals surface area contributed by atoms with Crippen molar-refractivity contribution in [3.05, 3.63) is 48.6 Å². The van der Waals surface area contributed by atoms with Crippen molar-refractivity contribution in [1.82, 2.24) is 0 Å². The van der Waals surface area contributed by atoms with Gasteiger partial charge in [0.15, 0.2) is 0 Å². The molecule has 0 nitrogen and oxygen atoms in total. The molecule has 1 unspecified atom stereocenters. The van der Waals surface area contributed by atoms with E-state index in [0.29, 0.717) is 5.92 Å². The van der Waals surface area contributed by atoms with E-state index < -0.39 is 0 Å². The highest BCUT2D eigenvalue weighted by Gasteiger charge is 2.05. The summed E-state index contributed by atoms with van der Waals surface area (Å²) in [4.78, 5) is 0. The van der Waals surface area contributed by atoms with Gasteiger partial charge in [0.25, 0.3) is 0 Å². The molecule has 69 valence electrons. The highest BCUT2D eigenvalue weighted by atomic mass is 14.1. The van der Waals surface area contributed by atoms with Gasteiger partial charge in [-0.05, 0) is 18.1 Å². The molecule has 13 heavy (non-hydrogen) atoms. The highest BCUT2D eigenvalue weighted by molar-refractivity contribution is 5.21. The Morgan fingerprint density at radius 1 is 1.54 bits per heavy atom. The molecule has 1 aromatic carbocycles. The predicted molar refractivity (Wildman–Crippen MR) is 57.7 cm³/mol. The smallest absolute Gasteiger partial charge is 0.00214 e. The van der Waals surface area contributed by atoms with Crippen LogP contribution in [0.5, 0.6) is 0 Å². The predicted octanol–water partition coefficient (Wildman–Crippen LogP) is 3.95. The summed E-state index contributed by atoms with van der Waals surface area (Å²) in [5.74, 6) is 0.487. The molecule has 1 atom stereocenters. The van der Waals surface area contributed by atoms with Crippen LogP contribution in [0, 0.1) is 6.07 Å². The molecule has 0 heteroatoms. The monoisotopic (exact) mass is 173 g/mol. The van der Waals surface area contributed by atoms with E-state index in [1.807, 2.05) is 18.2 Å². The zero-order valence-electron chi connectivity index (χ0n) is 8.29. The summed E-state index contributed by atoms with van der Waals surface area (Å²) in [6.45, 7) is 6.09. The maximum Gasteiger partial charge on any atom is 0.00214 e. The first-order valence-corrected chi connectivity index (χ1v) is 4.97. The quantitative estimate of drug-likeness (QED) is 0.591. The summed E-state index contributed by atoms with van der Waals surface area (Å²) in [5.41, 5.74) is 1.27. The zero-order valence-corrected chi connectivity index (χ0v) is 8.29. The summed E-state index contributed by atoms with van der Waals surface area (Å²) in [7, 11) is 0. The van der Waals surface area contributed by atoms with Crippen LogP contribution in [0.4, 0.5) is 0 Å². The second-order valence-electron chi connectivity index (χ2n) is 3.30. The van der Waals surface area contributed by atoms with Gasteiger partial charge in [0.1, 0.15) is 0 Å². The molecule has 1 aromatic rings. The molecule has 0 amide bonds. The Morgan fingerprint density at radius 3 is 2.92 bits per heavy atom. The third-order valence-electron chi connectivity index (χ3n) is 2.29. The molecule has 0 fully saturated rings. The topological polar surface area (TPSA) is 0 Å². The minimum Gasteiger partial charge on any atom is -0.102 e.